The number of likely N-dealkylation sites (N-methyl/N-ethyl adjacent to an activating group) is 2. The molecule has 0 saturated carbocycles. The molecule has 0 aliphatic carbocycles. The van der Waals surface area contributed by atoms with Crippen LogP contribution < -0.4 is 5.73 Å². The zero-order valence-electron chi connectivity index (χ0n) is 13.8. The Labute approximate surface area is 124 Å². The summed E-state index contributed by atoms with van der Waals surface area (Å²) in [5, 5.41) is 0. The molecule has 118 valence electrons. The molecule has 2 aliphatic heterocycles. The van der Waals surface area contributed by atoms with Gasteiger partial charge in [-0.15, -0.1) is 0 Å². The first-order chi connectivity index (χ1) is 9.50. The molecule has 0 radical (unpaired) electrons. The standard InChI is InChI=1S/C16H33N3O/c1-5-19-8-6-7-15(19)11-18(4)16(12-17)9-13(2)20-14(3)10-16/h13-15H,5-12,17H2,1-4H3. The van der Waals surface area contributed by atoms with Crippen LogP contribution in [0.3, 0.4) is 0 Å². The zero-order valence-corrected chi connectivity index (χ0v) is 13.8. The van der Waals surface area contributed by atoms with Crippen molar-refractivity contribution >= 4 is 0 Å². The number of nitrogens with two attached hydrogens (primary N) is 1. The minimum atomic E-state index is 0.124. The van der Waals surface area contributed by atoms with E-state index in [1.165, 1.54) is 25.9 Å². The van der Waals surface area contributed by atoms with E-state index in [2.05, 4.69) is 37.6 Å². The van der Waals surface area contributed by atoms with E-state index >= 15 is 0 Å². The highest BCUT2D eigenvalue weighted by atomic mass is 16.5. The normalized spacial score (nSPS) is 39.6. The Bertz CT molecular complexity index is 300. The van der Waals surface area contributed by atoms with E-state index in [9.17, 15) is 0 Å². The molecule has 0 aromatic heterocycles. The molecule has 2 aliphatic rings. The molecule has 0 bridgehead atoms. The molecule has 0 spiro atoms. The van der Waals surface area contributed by atoms with Crippen molar-refractivity contribution in [1.29, 1.82) is 0 Å². The number of hydrogen-bond donors (Lipinski definition) is 1. The summed E-state index contributed by atoms with van der Waals surface area (Å²) in [6.45, 7) is 11.0. The van der Waals surface area contributed by atoms with E-state index in [0.29, 0.717) is 18.2 Å². The lowest BCUT2D eigenvalue weighted by Crippen LogP contribution is -2.60. The van der Waals surface area contributed by atoms with Crippen molar-refractivity contribution in [3.63, 3.8) is 0 Å². The largest absolute Gasteiger partial charge is 0.375 e. The number of likely N-dealkylation sites (tertiary alicyclic amines) is 1. The Hall–Kier alpha value is -0.160. The van der Waals surface area contributed by atoms with Gasteiger partial charge in [0.1, 0.15) is 0 Å². The molecule has 2 saturated heterocycles. The molecule has 3 atom stereocenters. The van der Waals surface area contributed by atoms with Gasteiger partial charge in [0.15, 0.2) is 0 Å². The summed E-state index contributed by atoms with van der Waals surface area (Å²) in [6, 6.07) is 0.710. The van der Waals surface area contributed by atoms with Crippen LogP contribution in [0.15, 0.2) is 0 Å². The summed E-state index contributed by atoms with van der Waals surface area (Å²) in [5.41, 5.74) is 6.32. The van der Waals surface area contributed by atoms with E-state index in [0.717, 1.165) is 25.9 Å². The Morgan fingerprint density at radius 3 is 2.50 bits per heavy atom. The van der Waals surface area contributed by atoms with Crippen LogP contribution in [0.4, 0.5) is 0 Å². The van der Waals surface area contributed by atoms with Crippen LogP contribution in [-0.4, -0.2) is 66.8 Å². The minimum Gasteiger partial charge on any atom is -0.375 e. The molecule has 2 rings (SSSR count). The molecular formula is C16H33N3O. The molecule has 2 heterocycles. The smallest absolute Gasteiger partial charge is 0.0568 e. The monoisotopic (exact) mass is 283 g/mol. The molecule has 3 unspecified atom stereocenters. The third-order valence-electron chi connectivity index (χ3n) is 5.38. The van der Waals surface area contributed by atoms with Crippen molar-refractivity contribution in [2.45, 2.75) is 70.2 Å². The van der Waals surface area contributed by atoms with Gasteiger partial charge in [0.05, 0.1) is 12.2 Å². The van der Waals surface area contributed by atoms with E-state index < -0.39 is 0 Å². The molecular weight excluding hydrogens is 250 g/mol. The maximum absolute atomic E-state index is 6.19. The third-order valence-corrected chi connectivity index (χ3v) is 5.38. The maximum atomic E-state index is 6.19. The molecule has 0 aromatic rings. The fourth-order valence-electron chi connectivity index (χ4n) is 4.31. The molecule has 2 N–H and O–H groups in total. The highest BCUT2D eigenvalue weighted by molar-refractivity contribution is 4.98. The van der Waals surface area contributed by atoms with Gasteiger partial charge in [0.25, 0.3) is 0 Å². The fourth-order valence-corrected chi connectivity index (χ4v) is 4.31. The van der Waals surface area contributed by atoms with E-state index in [1.807, 2.05) is 0 Å². The second kappa shape index (κ2) is 6.73. The molecule has 0 aromatic carbocycles. The van der Waals surface area contributed by atoms with E-state index in [-0.39, 0.29) is 5.54 Å². The number of ether oxygens (including phenoxy) is 1. The SMILES string of the molecule is CCN1CCCC1CN(C)C1(CN)CC(C)OC(C)C1. The zero-order chi connectivity index (χ0) is 14.8. The number of hydrogen-bond acceptors (Lipinski definition) is 4. The molecule has 4 nitrogen and oxygen atoms in total. The average molecular weight is 283 g/mol. The summed E-state index contributed by atoms with van der Waals surface area (Å²) in [4.78, 5) is 5.16. The first-order valence-corrected chi connectivity index (χ1v) is 8.31. The van der Waals surface area contributed by atoms with Crippen LogP contribution in [0.5, 0.6) is 0 Å². The molecule has 0 amide bonds. The molecule has 4 heteroatoms. The number of nitrogens with zero attached hydrogens (tertiary/aromatic N) is 2. The van der Waals surface area contributed by atoms with Gasteiger partial charge >= 0.3 is 0 Å². The van der Waals surface area contributed by atoms with E-state index in [4.69, 9.17) is 10.5 Å². The van der Waals surface area contributed by atoms with Crippen molar-refractivity contribution in [1.82, 2.24) is 9.80 Å². The van der Waals surface area contributed by atoms with E-state index in [1.54, 1.807) is 0 Å². The van der Waals surface area contributed by atoms with Gasteiger partial charge in [0, 0.05) is 24.7 Å². The van der Waals surface area contributed by atoms with Crippen LogP contribution in [0.25, 0.3) is 0 Å². The van der Waals surface area contributed by atoms with Gasteiger partial charge in [-0.1, -0.05) is 6.92 Å². The second-order valence-electron chi connectivity index (χ2n) is 6.90. The Morgan fingerprint density at radius 1 is 1.30 bits per heavy atom. The van der Waals surface area contributed by atoms with Crippen LogP contribution in [0.2, 0.25) is 0 Å². The van der Waals surface area contributed by atoms with Crippen molar-refractivity contribution < 1.29 is 4.74 Å². The Morgan fingerprint density at radius 2 is 1.95 bits per heavy atom. The van der Waals surface area contributed by atoms with Crippen LogP contribution in [0, 0.1) is 0 Å². The number of rotatable bonds is 5. The topological polar surface area (TPSA) is 41.7 Å². The van der Waals surface area contributed by atoms with Crippen molar-refractivity contribution in [3.8, 4) is 0 Å². The quantitative estimate of drug-likeness (QED) is 0.834. The van der Waals surface area contributed by atoms with Crippen molar-refractivity contribution in [2.24, 2.45) is 5.73 Å². The van der Waals surface area contributed by atoms with Gasteiger partial charge in [-0.3, -0.25) is 9.80 Å². The second-order valence-corrected chi connectivity index (χ2v) is 6.90. The summed E-state index contributed by atoms with van der Waals surface area (Å²) in [6.07, 6.45) is 5.43. The maximum Gasteiger partial charge on any atom is 0.0568 e. The van der Waals surface area contributed by atoms with Gasteiger partial charge in [0.2, 0.25) is 0 Å². The average Bonchev–Trinajstić information content (AvgIpc) is 2.84. The van der Waals surface area contributed by atoms with Gasteiger partial charge in [-0.05, 0) is 59.7 Å². The van der Waals surface area contributed by atoms with Crippen LogP contribution in [0.1, 0.15) is 46.5 Å². The predicted octanol–water partition coefficient (Wildman–Crippen LogP) is 1.69. The van der Waals surface area contributed by atoms with Crippen LogP contribution in [-0.2, 0) is 4.74 Å². The predicted molar refractivity (Wildman–Crippen MR) is 83.9 cm³/mol. The van der Waals surface area contributed by atoms with Gasteiger partial charge in [-0.2, -0.15) is 0 Å². The first kappa shape index (κ1) is 16.2. The molecule has 20 heavy (non-hydrogen) atoms. The highest BCUT2D eigenvalue weighted by Crippen LogP contribution is 2.33. The lowest BCUT2D eigenvalue weighted by atomic mass is 9.82. The van der Waals surface area contributed by atoms with Crippen LogP contribution >= 0.6 is 0 Å². The lowest BCUT2D eigenvalue weighted by molar-refractivity contribution is -0.100. The Kier molecular flexibility index (Phi) is 5.46. The summed E-state index contributed by atoms with van der Waals surface area (Å²) in [5.74, 6) is 0. The van der Waals surface area contributed by atoms with Gasteiger partial charge in [-0.25, -0.2) is 0 Å². The fraction of sp³-hybridized carbons (Fsp3) is 1.00. The molecule has 2 fully saturated rings. The third kappa shape index (κ3) is 3.35. The lowest BCUT2D eigenvalue weighted by Gasteiger charge is -2.49. The highest BCUT2D eigenvalue weighted by Gasteiger charge is 2.41. The summed E-state index contributed by atoms with van der Waals surface area (Å²) in [7, 11) is 2.27. The first-order valence-electron chi connectivity index (χ1n) is 8.31. The summed E-state index contributed by atoms with van der Waals surface area (Å²) < 4.78 is 5.91. The Balaban J connectivity index is 2.02. The van der Waals surface area contributed by atoms with Crippen molar-refractivity contribution in [3.05, 3.63) is 0 Å². The van der Waals surface area contributed by atoms with Crippen molar-refractivity contribution in [2.75, 3.05) is 33.2 Å². The minimum absolute atomic E-state index is 0.124. The summed E-state index contributed by atoms with van der Waals surface area (Å²) >= 11 is 0. The van der Waals surface area contributed by atoms with Gasteiger partial charge < -0.3 is 10.5 Å².